The van der Waals surface area contributed by atoms with Crippen molar-refractivity contribution in [3.63, 3.8) is 0 Å². The Labute approximate surface area is 151 Å². The maximum Gasteiger partial charge on any atom is 0.0621 e. The monoisotopic (exact) mass is 332 g/mol. The summed E-state index contributed by atoms with van der Waals surface area (Å²) >= 11 is 0. The van der Waals surface area contributed by atoms with Gasteiger partial charge in [-0.05, 0) is 35.4 Å². The van der Waals surface area contributed by atoms with Crippen LogP contribution in [0.15, 0.2) is 84.9 Å². The van der Waals surface area contributed by atoms with Crippen LogP contribution in [0.25, 0.3) is 49.7 Å². The molecule has 122 valence electrons. The molecule has 0 amide bonds. The fourth-order valence-corrected chi connectivity index (χ4v) is 4.42. The number of nitrogen functional groups attached to an aromatic ring is 1. The lowest BCUT2D eigenvalue weighted by Gasteiger charge is -2.11. The summed E-state index contributed by atoms with van der Waals surface area (Å²) < 4.78 is 2.40. The van der Waals surface area contributed by atoms with Gasteiger partial charge in [0.2, 0.25) is 0 Å². The molecular weight excluding hydrogens is 316 g/mol. The third-order valence-corrected chi connectivity index (χ3v) is 5.44. The highest BCUT2D eigenvalue weighted by Crippen LogP contribution is 2.47. The van der Waals surface area contributed by atoms with Crippen LogP contribution in [0.5, 0.6) is 0 Å². The average Bonchev–Trinajstić information content (AvgIpc) is 2.95. The largest absolute Gasteiger partial charge is 0.399 e. The second kappa shape index (κ2) is 4.77. The Morgan fingerprint density at radius 2 is 1.23 bits per heavy atom. The molecule has 0 spiro atoms. The maximum atomic E-state index is 6.33. The molecule has 5 aromatic rings. The molecule has 2 nitrogen and oxygen atoms in total. The summed E-state index contributed by atoms with van der Waals surface area (Å²) in [7, 11) is 0. The van der Waals surface area contributed by atoms with Crippen molar-refractivity contribution in [3.05, 3.63) is 84.9 Å². The standard InChI is InChI=1S/C24H16N2/c25-15-13-20-17-8-2-1-7-16(17)18-9-3-5-11-22(18)26-23-12-6-4-10-19(23)21(14-15)24(20)26/h1-14H,25H2. The molecule has 0 saturated carbocycles. The zero-order valence-electron chi connectivity index (χ0n) is 14.1. The first-order chi connectivity index (χ1) is 12.8. The van der Waals surface area contributed by atoms with E-state index >= 15 is 0 Å². The molecule has 0 aliphatic carbocycles. The summed E-state index contributed by atoms with van der Waals surface area (Å²) in [5.41, 5.74) is 15.7. The Bertz CT molecular complexity index is 1340. The number of nitrogens with two attached hydrogens (primary N) is 1. The highest BCUT2D eigenvalue weighted by atomic mass is 15.0. The number of nitrogens with zero attached hydrogens (tertiary/aromatic N) is 1. The molecular formula is C24H16N2. The number of hydrogen-bond acceptors (Lipinski definition) is 1. The predicted molar refractivity (Wildman–Crippen MR) is 110 cm³/mol. The Balaban J connectivity index is 1.99. The molecule has 0 unspecified atom stereocenters. The summed E-state index contributed by atoms with van der Waals surface area (Å²) in [5.74, 6) is 0. The molecule has 0 atom stereocenters. The molecule has 2 heterocycles. The van der Waals surface area contributed by atoms with Crippen molar-refractivity contribution in [2.45, 2.75) is 0 Å². The van der Waals surface area contributed by atoms with Crippen molar-refractivity contribution < 1.29 is 0 Å². The van der Waals surface area contributed by atoms with Gasteiger partial charge < -0.3 is 10.3 Å². The van der Waals surface area contributed by atoms with Gasteiger partial charge in [-0.2, -0.15) is 0 Å². The van der Waals surface area contributed by atoms with Crippen LogP contribution in [-0.4, -0.2) is 4.57 Å². The number of benzene rings is 4. The third kappa shape index (κ3) is 1.61. The number of para-hydroxylation sites is 2. The van der Waals surface area contributed by atoms with Gasteiger partial charge in [-0.15, -0.1) is 0 Å². The van der Waals surface area contributed by atoms with Crippen LogP contribution in [0, 0.1) is 0 Å². The maximum absolute atomic E-state index is 6.33. The van der Waals surface area contributed by atoms with E-state index in [4.69, 9.17) is 5.73 Å². The summed E-state index contributed by atoms with van der Waals surface area (Å²) in [6.45, 7) is 0. The molecule has 2 heteroatoms. The first-order valence-corrected chi connectivity index (χ1v) is 8.85. The second-order valence-electron chi connectivity index (χ2n) is 6.88. The molecule has 1 aromatic heterocycles. The van der Waals surface area contributed by atoms with Crippen molar-refractivity contribution in [1.29, 1.82) is 0 Å². The van der Waals surface area contributed by atoms with Gasteiger partial charge >= 0.3 is 0 Å². The molecule has 0 saturated heterocycles. The van der Waals surface area contributed by atoms with E-state index in [0.717, 1.165) is 5.69 Å². The van der Waals surface area contributed by atoms with E-state index in [9.17, 15) is 0 Å². The van der Waals surface area contributed by atoms with Crippen LogP contribution in [0.1, 0.15) is 0 Å². The van der Waals surface area contributed by atoms with Crippen LogP contribution in [-0.2, 0) is 0 Å². The highest BCUT2D eigenvalue weighted by molar-refractivity contribution is 6.17. The molecule has 26 heavy (non-hydrogen) atoms. The minimum absolute atomic E-state index is 0.802. The first kappa shape index (κ1) is 13.7. The van der Waals surface area contributed by atoms with Crippen molar-refractivity contribution in [1.82, 2.24) is 4.57 Å². The molecule has 6 rings (SSSR count). The van der Waals surface area contributed by atoms with E-state index in [1.807, 2.05) is 0 Å². The molecule has 1 aliphatic rings. The fraction of sp³-hybridized carbons (Fsp3) is 0. The number of rotatable bonds is 0. The zero-order chi connectivity index (χ0) is 17.3. The Morgan fingerprint density at radius 3 is 2.08 bits per heavy atom. The first-order valence-electron chi connectivity index (χ1n) is 8.85. The minimum Gasteiger partial charge on any atom is -0.399 e. The number of hydrogen-bond donors (Lipinski definition) is 1. The molecule has 0 radical (unpaired) electrons. The summed E-state index contributed by atoms with van der Waals surface area (Å²) in [5, 5.41) is 2.45. The summed E-state index contributed by atoms with van der Waals surface area (Å²) in [6.07, 6.45) is 0. The van der Waals surface area contributed by atoms with Gasteiger partial charge in [-0.1, -0.05) is 60.7 Å². The summed E-state index contributed by atoms with van der Waals surface area (Å²) in [4.78, 5) is 0. The van der Waals surface area contributed by atoms with Crippen LogP contribution in [0.2, 0.25) is 0 Å². The molecule has 1 aliphatic heterocycles. The third-order valence-electron chi connectivity index (χ3n) is 5.44. The quantitative estimate of drug-likeness (QED) is 0.339. The molecule has 2 N–H and O–H groups in total. The van der Waals surface area contributed by atoms with E-state index in [1.165, 1.54) is 49.7 Å². The van der Waals surface area contributed by atoms with Gasteiger partial charge in [0.05, 0.1) is 16.7 Å². The lowest BCUT2D eigenvalue weighted by molar-refractivity contribution is 1.19. The van der Waals surface area contributed by atoms with E-state index in [1.54, 1.807) is 0 Å². The van der Waals surface area contributed by atoms with Gasteiger partial charge in [-0.25, -0.2) is 0 Å². The fourth-order valence-electron chi connectivity index (χ4n) is 4.42. The van der Waals surface area contributed by atoms with Gasteiger partial charge in [0.1, 0.15) is 0 Å². The van der Waals surface area contributed by atoms with Crippen LogP contribution in [0.3, 0.4) is 0 Å². The number of fused-ring (bicyclic) bond motifs is 8. The van der Waals surface area contributed by atoms with E-state index in [2.05, 4.69) is 89.5 Å². The normalized spacial score (nSPS) is 12.0. The Kier molecular flexibility index (Phi) is 2.52. The molecule has 0 fully saturated rings. The van der Waals surface area contributed by atoms with Crippen molar-refractivity contribution >= 4 is 27.5 Å². The SMILES string of the molecule is Nc1cc2c3c(c1)c1ccccc1n3-c1ccccc1-c1ccccc1-2. The van der Waals surface area contributed by atoms with Crippen LogP contribution < -0.4 is 5.73 Å². The summed E-state index contributed by atoms with van der Waals surface area (Å²) in [6, 6.07) is 30.1. The van der Waals surface area contributed by atoms with Crippen molar-refractivity contribution in [2.24, 2.45) is 0 Å². The minimum atomic E-state index is 0.802. The number of anilines is 1. The molecule has 0 bridgehead atoms. The van der Waals surface area contributed by atoms with Gasteiger partial charge in [-0.3, -0.25) is 0 Å². The zero-order valence-corrected chi connectivity index (χ0v) is 14.1. The van der Waals surface area contributed by atoms with Gasteiger partial charge in [0.25, 0.3) is 0 Å². The van der Waals surface area contributed by atoms with Crippen molar-refractivity contribution in [3.8, 4) is 27.9 Å². The lowest BCUT2D eigenvalue weighted by atomic mass is 9.93. The van der Waals surface area contributed by atoms with Gasteiger partial charge in [0.15, 0.2) is 0 Å². The molecule has 4 aromatic carbocycles. The van der Waals surface area contributed by atoms with E-state index < -0.39 is 0 Å². The van der Waals surface area contributed by atoms with Crippen molar-refractivity contribution in [2.75, 3.05) is 5.73 Å². The smallest absolute Gasteiger partial charge is 0.0621 e. The van der Waals surface area contributed by atoms with Gasteiger partial charge in [0, 0.05) is 27.6 Å². The predicted octanol–water partition coefficient (Wildman–Crippen LogP) is 6.01. The second-order valence-corrected chi connectivity index (χ2v) is 6.88. The van der Waals surface area contributed by atoms with Crippen LogP contribution >= 0.6 is 0 Å². The highest BCUT2D eigenvalue weighted by Gasteiger charge is 2.24. The Morgan fingerprint density at radius 1 is 0.577 bits per heavy atom. The van der Waals surface area contributed by atoms with E-state index in [-0.39, 0.29) is 0 Å². The van der Waals surface area contributed by atoms with Crippen LogP contribution in [0.4, 0.5) is 5.69 Å². The topological polar surface area (TPSA) is 30.9 Å². The number of aromatic nitrogens is 1. The Hall–Kier alpha value is -3.52. The lowest BCUT2D eigenvalue weighted by Crippen LogP contribution is -1.95. The average molecular weight is 332 g/mol. The van der Waals surface area contributed by atoms with E-state index in [0.29, 0.717) is 0 Å².